The Morgan fingerprint density at radius 2 is 0.614 bits per heavy atom. The maximum Gasteiger partial charge on any atom is 0.306 e. The molecule has 0 saturated carbocycles. The monoisotopic (exact) mass is 622 g/mol. The van der Waals surface area contributed by atoms with Crippen LogP contribution in [0.1, 0.15) is 64.2 Å². The van der Waals surface area contributed by atoms with Crippen LogP contribution in [0.3, 0.4) is 0 Å². The second kappa shape index (κ2) is 16.8. The number of non-ortho nitro benzene ring substituents is 2. The third-order valence-electron chi connectivity index (χ3n) is 6.58. The molecule has 0 fully saturated rings. The minimum absolute atomic E-state index is 0.208. The van der Waals surface area contributed by atoms with Crippen LogP contribution in [0.25, 0.3) is 0 Å². The number of nitrogens with one attached hydrogen (secondary N) is 2. The summed E-state index contributed by atoms with van der Waals surface area (Å²) in [5, 5.41) is 72.5. The fourth-order valence-electron chi connectivity index (χ4n) is 4.43. The topological polar surface area (TPSA) is 283 Å². The van der Waals surface area contributed by atoms with Gasteiger partial charge in [-0.3, -0.25) is 60.7 Å². The van der Waals surface area contributed by atoms with Crippen molar-refractivity contribution in [3.63, 3.8) is 0 Å². The SMILES string of the molecule is O=[N+]([O-])c1cc([N+](=O)[O-])c(NCCCCCCCCCCCCNc2c([N+](=O)[O-])cc([N+](=O)[O-])cc2[N+](=O)[O-])c([N+](=O)[O-])c1. The lowest BCUT2D eigenvalue weighted by atomic mass is 10.1. The van der Waals surface area contributed by atoms with Gasteiger partial charge in [-0.15, -0.1) is 0 Å². The van der Waals surface area contributed by atoms with Crippen LogP contribution in [-0.2, 0) is 0 Å². The van der Waals surface area contributed by atoms with Crippen LogP contribution in [0.5, 0.6) is 0 Å². The molecule has 2 rings (SSSR count). The van der Waals surface area contributed by atoms with Gasteiger partial charge in [0.1, 0.15) is 0 Å². The van der Waals surface area contributed by atoms with E-state index in [4.69, 9.17) is 0 Å². The first-order chi connectivity index (χ1) is 20.8. The Morgan fingerprint density at radius 3 is 0.818 bits per heavy atom. The Labute approximate surface area is 248 Å². The Bertz CT molecular complexity index is 1240. The van der Waals surface area contributed by atoms with E-state index in [0.717, 1.165) is 51.4 Å². The van der Waals surface area contributed by atoms with E-state index in [1.165, 1.54) is 0 Å². The zero-order valence-corrected chi connectivity index (χ0v) is 23.4. The van der Waals surface area contributed by atoms with Gasteiger partial charge in [-0.1, -0.05) is 51.4 Å². The Morgan fingerprint density at radius 1 is 0.386 bits per heavy atom. The second-order valence-electron chi connectivity index (χ2n) is 9.65. The first-order valence-corrected chi connectivity index (χ1v) is 13.5. The summed E-state index contributed by atoms with van der Waals surface area (Å²) >= 11 is 0. The van der Waals surface area contributed by atoms with Crippen molar-refractivity contribution < 1.29 is 29.5 Å². The van der Waals surface area contributed by atoms with Gasteiger partial charge in [-0.25, -0.2) is 0 Å². The molecule has 20 nitrogen and oxygen atoms in total. The summed E-state index contributed by atoms with van der Waals surface area (Å²) in [7, 11) is 0. The molecule has 0 aromatic heterocycles. The van der Waals surface area contributed by atoms with Crippen LogP contribution in [0.15, 0.2) is 24.3 Å². The number of hydrogen-bond acceptors (Lipinski definition) is 14. The Hall–Kier alpha value is -5.56. The largest absolute Gasteiger partial charge is 0.374 e. The highest BCUT2D eigenvalue weighted by Gasteiger charge is 2.31. The first-order valence-electron chi connectivity index (χ1n) is 13.5. The zero-order chi connectivity index (χ0) is 32.8. The third kappa shape index (κ3) is 10.1. The van der Waals surface area contributed by atoms with Gasteiger partial charge >= 0.3 is 22.7 Å². The van der Waals surface area contributed by atoms with Gasteiger partial charge in [-0.05, 0) is 12.8 Å². The maximum absolute atomic E-state index is 11.3. The van der Waals surface area contributed by atoms with Crippen molar-refractivity contribution in [3.8, 4) is 0 Å². The normalized spacial score (nSPS) is 10.6. The number of nitro groups is 6. The van der Waals surface area contributed by atoms with E-state index in [1.807, 2.05) is 0 Å². The van der Waals surface area contributed by atoms with Crippen molar-refractivity contribution in [2.45, 2.75) is 64.2 Å². The molecule has 0 aliphatic heterocycles. The molecule has 0 unspecified atom stereocenters. The molecule has 0 aliphatic carbocycles. The molecule has 0 radical (unpaired) electrons. The maximum atomic E-state index is 11.3. The fraction of sp³-hybridized carbons (Fsp3) is 0.500. The number of unbranched alkanes of at least 4 members (excludes halogenated alkanes) is 9. The highest BCUT2D eigenvalue weighted by atomic mass is 16.6. The van der Waals surface area contributed by atoms with Crippen LogP contribution in [0, 0.1) is 60.7 Å². The number of rotatable bonds is 21. The van der Waals surface area contributed by atoms with Gasteiger partial charge < -0.3 is 10.6 Å². The molecule has 0 amide bonds. The van der Waals surface area contributed by atoms with Crippen molar-refractivity contribution in [3.05, 3.63) is 85.0 Å². The molecule has 0 spiro atoms. The summed E-state index contributed by atoms with van der Waals surface area (Å²) in [4.78, 5) is 61.7. The van der Waals surface area contributed by atoms with Gasteiger partial charge in [0.25, 0.3) is 11.4 Å². The smallest absolute Gasteiger partial charge is 0.306 e. The molecular formula is C24H30N8O12. The van der Waals surface area contributed by atoms with Gasteiger partial charge in [0.2, 0.25) is 0 Å². The molecule has 2 N–H and O–H groups in total. The van der Waals surface area contributed by atoms with Crippen molar-refractivity contribution in [1.82, 2.24) is 0 Å². The van der Waals surface area contributed by atoms with E-state index in [0.29, 0.717) is 37.1 Å². The van der Waals surface area contributed by atoms with E-state index in [-0.39, 0.29) is 24.5 Å². The van der Waals surface area contributed by atoms with Gasteiger partial charge in [0.05, 0.1) is 53.8 Å². The van der Waals surface area contributed by atoms with Crippen LogP contribution >= 0.6 is 0 Å². The Balaban J connectivity index is 1.66. The van der Waals surface area contributed by atoms with Crippen LogP contribution in [0.2, 0.25) is 0 Å². The number of anilines is 2. The summed E-state index contributed by atoms with van der Waals surface area (Å²) in [5.74, 6) is 0. The van der Waals surface area contributed by atoms with E-state index < -0.39 is 63.7 Å². The third-order valence-corrected chi connectivity index (χ3v) is 6.58. The summed E-state index contributed by atoms with van der Waals surface area (Å²) in [5.41, 5.74) is -5.19. The molecule has 0 saturated heterocycles. The van der Waals surface area contributed by atoms with Gasteiger partial charge in [0.15, 0.2) is 11.4 Å². The quantitative estimate of drug-likeness (QED) is 0.0846. The molecule has 0 heterocycles. The van der Waals surface area contributed by atoms with Gasteiger partial charge in [0, 0.05) is 13.1 Å². The van der Waals surface area contributed by atoms with Crippen molar-refractivity contribution in [2.24, 2.45) is 0 Å². The van der Waals surface area contributed by atoms with Crippen molar-refractivity contribution >= 4 is 45.5 Å². The molecule has 44 heavy (non-hydrogen) atoms. The van der Waals surface area contributed by atoms with Crippen molar-refractivity contribution in [1.29, 1.82) is 0 Å². The van der Waals surface area contributed by atoms with E-state index in [9.17, 15) is 60.7 Å². The van der Waals surface area contributed by atoms with E-state index >= 15 is 0 Å². The van der Waals surface area contributed by atoms with Crippen LogP contribution in [0.4, 0.5) is 45.5 Å². The Kier molecular flexibility index (Phi) is 13.2. The second-order valence-corrected chi connectivity index (χ2v) is 9.65. The number of hydrogen-bond donors (Lipinski definition) is 2. The molecule has 2 aromatic carbocycles. The number of nitrogens with zero attached hydrogens (tertiary/aromatic N) is 6. The summed E-state index contributed by atoms with van der Waals surface area (Å²) in [6.45, 7) is 0.416. The lowest BCUT2D eigenvalue weighted by Gasteiger charge is -2.08. The molecule has 0 atom stereocenters. The van der Waals surface area contributed by atoms with Gasteiger partial charge in [-0.2, -0.15) is 0 Å². The molecule has 2 aromatic rings. The number of nitro benzene ring substituents is 6. The lowest BCUT2D eigenvalue weighted by molar-refractivity contribution is -0.402. The average Bonchev–Trinajstić information content (AvgIpc) is 2.96. The first kappa shape index (κ1) is 34.6. The predicted molar refractivity (Wildman–Crippen MR) is 156 cm³/mol. The average molecular weight is 623 g/mol. The fourth-order valence-corrected chi connectivity index (χ4v) is 4.43. The van der Waals surface area contributed by atoms with Crippen molar-refractivity contribution in [2.75, 3.05) is 23.7 Å². The lowest BCUT2D eigenvalue weighted by Crippen LogP contribution is -2.08. The highest BCUT2D eigenvalue weighted by Crippen LogP contribution is 2.39. The molecule has 0 bridgehead atoms. The molecule has 0 aliphatic rings. The van der Waals surface area contributed by atoms with E-state index in [1.54, 1.807) is 0 Å². The highest BCUT2D eigenvalue weighted by molar-refractivity contribution is 5.77. The van der Waals surface area contributed by atoms with E-state index in [2.05, 4.69) is 10.6 Å². The van der Waals surface area contributed by atoms with Crippen LogP contribution < -0.4 is 10.6 Å². The molecule has 238 valence electrons. The standard InChI is InChI=1S/C24H30N8O12/c33-27(34)17-13-19(29(37)38)23(20(14-17)30(39)40)25-11-9-7-5-3-1-2-4-6-8-10-12-26-24-21(31(41)42)15-18(28(35)36)16-22(24)32(43)44/h13-16,25-26H,1-12H2. The minimum Gasteiger partial charge on any atom is -0.374 e. The zero-order valence-electron chi connectivity index (χ0n) is 23.4. The predicted octanol–water partition coefficient (Wildman–Crippen LogP) is 6.56. The summed E-state index contributed by atoms with van der Waals surface area (Å²) in [6.07, 6.45) is 8.14. The molecular weight excluding hydrogens is 592 g/mol. The summed E-state index contributed by atoms with van der Waals surface area (Å²) < 4.78 is 0. The minimum atomic E-state index is -0.934. The summed E-state index contributed by atoms with van der Waals surface area (Å²) in [6, 6.07) is 2.73. The molecule has 20 heteroatoms. The number of benzene rings is 2. The van der Waals surface area contributed by atoms with Crippen LogP contribution in [-0.4, -0.2) is 42.6 Å².